The summed E-state index contributed by atoms with van der Waals surface area (Å²) in [5, 5.41) is 8.62. The molecule has 0 heterocycles. The highest BCUT2D eigenvalue weighted by Gasteiger charge is 2.19. The summed E-state index contributed by atoms with van der Waals surface area (Å²) in [7, 11) is 0. The Kier molecular flexibility index (Phi) is 4.19. The van der Waals surface area contributed by atoms with Gasteiger partial charge >= 0.3 is 5.97 Å². The number of nitrogens with two attached hydrogens (primary N) is 3. The Morgan fingerprint density at radius 1 is 1.35 bits per heavy atom. The van der Waals surface area contributed by atoms with Crippen LogP contribution in [0.1, 0.15) is 22.3 Å². The van der Waals surface area contributed by atoms with Crippen molar-refractivity contribution in [3.05, 3.63) is 29.3 Å². The van der Waals surface area contributed by atoms with Crippen molar-refractivity contribution >= 4 is 17.4 Å². The van der Waals surface area contributed by atoms with Gasteiger partial charge in [0.25, 0.3) is 0 Å². The van der Waals surface area contributed by atoms with Crippen LogP contribution in [0.15, 0.2) is 18.2 Å². The quantitative estimate of drug-likeness (QED) is 0.411. The van der Waals surface area contributed by atoms with Crippen molar-refractivity contribution in [2.24, 2.45) is 11.5 Å². The van der Waals surface area contributed by atoms with Gasteiger partial charge in [0.15, 0.2) is 5.78 Å². The Bertz CT molecular complexity index is 446. The number of carboxylic acids is 1. The van der Waals surface area contributed by atoms with Gasteiger partial charge in [0.2, 0.25) is 0 Å². The predicted octanol–water partition coefficient (Wildman–Crippen LogP) is -0.288. The Hall–Kier alpha value is -1.92. The molecule has 1 aromatic rings. The smallest absolute Gasteiger partial charge is 0.320 e. The molecular weight excluding hydrogens is 222 g/mol. The first-order valence-electron chi connectivity index (χ1n) is 5.05. The lowest BCUT2D eigenvalue weighted by Gasteiger charge is -2.09. The van der Waals surface area contributed by atoms with Crippen LogP contribution in [-0.2, 0) is 11.3 Å². The van der Waals surface area contributed by atoms with E-state index in [4.69, 9.17) is 22.3 Å². The van der Waals surface area contributed by atoms with Crippen LogP contribution >= 0.6 is 0 Å². The van der Waals surface area contributed by atoms with Crippen molar-refractivity contribution in [1.29, 1.82) is 0 Å². The highest BCUT2D eigenvalue weighted by Crippen LogP contribution is 2.16. The number of ketones is 1. The fourth-order valence-electron chi connectivity index (χ4n) is 1.37. The molecule has 0 aromatic heterocycles. The minimum absolute atomic E-state index is 0.268. The van der Waals surface area contributed by atoms with Crippen LogP contribution < -0.4 is 17.2 Å². The first kappa shape index (κ1) is 13.1. The molecule has 1 atom stereocenters. The fourth-order valence-corrected chi connectivity index (χ4v) is 1.37. The molecule has 0 aliphatic rings. The number of nitrogen functional groups attached to an aromatic ring is 1. The molecular formula is C11H15N3O3. The molecule has 0 aliphatic heterocycles. The second kappa shape index (κ2) is 5.42. The van der Waals surface area contributed by atoms with E-state index in [2.05, 4.69) is 0 Å². The maximum atomic E-state index is 11.8. The molecule has 0 fully saturated rings. The average Bonchev–Trinajstić information content (AvgIpc) is 2.29. The molecule has 1 aromatic carbocycles. The molecule has 92 valence electrons. The highest BCUT2D eigenvalue weighted by molar-refractivity contribution is 6.02. The summed E-state index contributed by atoms with van der Waals surface area (Å²) in [4.78, 5) is 22.3. The largest absolute Gasteiger partial charge is 0.480 e. The molecule has 0 radical (unpaired) electrons. The van der Waals surface area contributed by atoms with Gasteiger partial charge in [0.1, 0.15) is 6.04 Å². The molecule has 0 aliphatic carbocycles. The second-order valence-electron chi connectivity index (χ2n) is 3.70. The summed E-state index contributed by atoms with van der Waals surface area (Å²) in [5.74, 6) is -1.61. The molecule has 1 unspecified atom stereocenters. The number of anilines is 1. The summed E-state index contributed by atoms with van der Waals surface area (Å²) >= 11 is 0. The molecule has 17 heavy (non-hydrogen) atoms. The molecule has 7 N–H and O–H groups in total. The Morgan fingerprint density at radius 3 is 2.53 bits per heavy atom. The van der Waals surface area contributed by atoms with E-state index >= 15 is 0 Å². The van der Waals surface area contributed by atoms with Crippen LogP contribution in [0.2, 0.25) is 0 Å². The maximum Gasteiger partial charge on any atom is 0.320 e. The first-order valence-corrected chi connectivity index (χ1v) is 5.05. The summed E-state index contributed by atoms with van der Waals surface area (Å²) in [5.41, 5.74) is 17.7. The monoisotopic (exact) mass is 237 g/mol. The number of carbonyl (C=O) groups excluding carboxylic acids is 1. The normalized spacial score (nSPS) is 12.1. The number of hydrogen-bond acceptors (Lipinski definition) is 5. The number of carboxylic acid groups (broad SMARTS) is 1. The van der Waals surface area contributed by atoms with Gasteiger partial charge in [0.05, 0.1) is 0 Å². The molecule has 6 heteroatoms. The minimum atomic E-state index is -1.22. The van der Waals surface area contributed by atoms with Crippen LogP contribution in [0, 0.1) is 0 Å². The van der Waals surface area contributed by atoms with E-state index in [1.54, 1.807) is 18.2 Å². The van der Waals surface area contributed by atoms with Crippen molar-refractivity contribution < 1.29 is 14.7 Å². The van der Waals surface area contributed by atoms with Gasteiger partial charge in [-0.05, 0) is 17.7 Å². The van der Waals surface area contributed by atoms with Gasteiger partial charge in [-0.3, -0.25) is 9.59 Å². The zero-order valence-electron chi connectivity index (χ0n) is 9.22. The van der Waals surface area contributed by atoms with E-state index in [1.807, 2.05) is 0 Å². The molecule has 6 nitrogen and oxygen atoms in total. The Morgan fingerprint density at radius 2 is 2.00 bits per heavy atom. The van der Waals surface area contributed by atoms with E-state index in [9.17, 15) is 9.59 Å². The van der Waals surface area contributed by atoms with Gasteiger partial charge in [-0.15, -0.1) is 0 Å². The van der Waals surface area contributed by atoms with Crippen molar-refractivity contribution in [3.8, 4) is 0 Å². The lowest BCUT2D eigenvalue weighted by atomic mass is 10.0. The van der Waals surface area contributed by atoms with Crippen LogP contribution in [0.25, 0.3) is 0 Å². The third kappa shape index (κ3) is 3.27. The summed E-state index contributed by atoms with van der Waals surface area (Å²) in [6.45, 7) is 0.283. The number of carbonyl (C=O) groups is 2. The van der Waals surface area contributed by atoms with E-state index in [-0.39, 0.29) is 18.5 Å². The van der Waals surface area contributed by atoms with Crippen LogP contribution in [0.5, 0.6) is 0 Å². The van der Waals surface area contributed by atoms with Crippen molar-refractivity contribution in [2.75, 3.05) is 5.73 Å². The standard InChI is InChI=1S/C11H15N3O3/c12-5-6-1-2-8(13)7(3-6)10(15)4-9(14)11(16)17/h1-3,9H,4-5,12-14H2,(H,16,17). The first-order chi connectivity index (χ1) is 7.95. The maximum absolute atomic E-state index is 11.8. The van der Waals surface area contributed by atoms with Gasteiger partial charge in [-0.25, -0.2) is 0 Å². The van der Waals surface area contributed by atoms with E-state index in [0.29, 0.717) is 5.69 Å². The lowest BCUT2D eigenvalue weighted by molar-refractivity contribution is -0.138. The molecule has 0 bridgehead atoms. The predicted molar refractivity (Wildman–Crippen MR) is 63.3 cm³/mol. The van der Waals surface area contributed by atoms with E-state index < -0.39 is 17.8 Å². The fraction of sp³-hybridized carbons (Fsp3) is 0.273. The summed E-state index contributed by atoms with van der Waals surface area (Å²) < 4.78 is 0. The van der Waals surface area contributed by atoms with Crippen molar-refractivity contribution in [1.82, 2.24) is 0 Å². The van der Waals surface area contributed by atoms with Crippen LogP contribution in [0.4, 0.5) is 5.69 Å². The SMILES string of the molecule is NCc1ccc(N)c(C(=O)CC(N)C(=O)O)c1. The van der Waals surface area contributed by atoms with Gasteiger partial charge in [-0.1, -0.05) is 6.07 Å². The number of hydrogen-bond donors (Lipinski definition) is 4. The van der Waals surface area contributed by atoms with Crippen LogP contribution in [0.3, 0.4) is 0 Å². The van der Waals surface area contributed by atoms with E-state index in [0.717, 1.165) is 5.56 Å². The number of aliphatic carboxylic acids is 1. The zero-order valence-corrected chi connectivity index (χ0v) is 9.22. The zero-order chi connectivity index (χ0) is 13.0. The van der Waals surface area contributed by atoms with Crippen LogP contribution in [-0.4, -0.2) is 22.9 Å². The average molecular weight is 237 g/mol. The summed E-state index contributed by atoms with van der Waals surface area (Å²) in [6.07, 6.45) is -0.284. The van der Waals surface area contributed by atoms with Crippen molar-refractivity contribution in [3.63, 3.8) is 0 Å². The number of rotatable bonds is 5. The van der Waals surface area contributed by atoms with Gasteiger partial charge < -0.3 is 22.3 Å². The van der Waals surface area contributed by atoms with Crippen molar-refractivity contribution in [2.45, 2.75) is 19.0 Å². The van der Waals surface area contributed by atoms with Gasteiger partial charge in [-0.2, -0.15) is 0 Å². The topological polar surface area (TPSA) is 132 Å². The highest BCUT2D eigenvalue weighted by atomic mass is 16.4. The minimum Gasteiger partial charge on any atom is -0.480 e. The third-order valence-corrected chi connectivity index (χ3v) is 2.38. The Labute approximate surface area is 98.4 Å². The number of benzene rings is 1. The van der Waals surface area contributed by atoms with E-state index in [1.165, 1.54) is 0 Å². The molecule has 0 saturated carbocycles. The molecule has 0 saturated heterocycles. The molecule has 0 amide bonds. The number of Topliss-reactive ketones (excluding diaryl/α,β-unsaturated/α-hetero) is 1. The second-order valence-corrected chi connectivity index (χ2v) is 3.70. The Balaban J connectivity index is 2.91. The summed E-state index contributed by atoms with van der Waals surface area (Å²) in [6, 6.07) is 3.63. The third-order valence-electron chi connectivity index (χ3n) is 2.38. The van der Waals surface area contributed by atoms with Gasteiger partial charge in [0, 0.05) is 24.2 Å². The lowest BCUT2D eigenvalue weighted by Crippen LogP contribution is -2.32. The molecule has 0 spiro atoms. The molecule has 1 rings (SSSR count).